The van der Waals surface area contributed by atoms with Crippen molar-refractivity contribution in [1.82, 2.24) is 9.78 Å². The van der Waals surface area contributed by atoms with E-state index in [1.165, 1.54) is 12.1 Å². The predicted octanol–water partition coefficient (Wildman–Crippen LogP) is 3.97. The zero-order valence-corrected chi connectivity index (χ0v) is 12.2. The van der Waals surface area contributed by atoms with Gasteiger partial charge in [-0.05, 0) is 39.8 Å². The highest BCUT2D eigenvalue weighted by Gasteiger charge is 2.18. The van der Waals surface area contributed by atoms with Crippen LogP contribution in [0.25, 0.3) is 0 Å². The molecule has 2 rings (SSSR count). The fraction of sp³-hybridized carbons (Fsp3) is 0.400. The van der Waals surface area contributed by atoms with Gasteiger partial charge in [-0.3, -0.25) is 4.68 Å². The van der Waals surface area contributed by atoms with E-state index in [9.17, 15) is 8.78 Å². The van der Waals surface area contributed by atoms with Gasteiger partial charge in [0.1, 0.15) is 11.6 Å². The molecule has 0 aliphatic rings. The first-order valence-corrected chi connectivity index (χ1v) is 6.69. The Morgan fingerprint density at radius 2 is 2.00 bits per heavy atom. The summed E-state index contributed by atoms with van der Waals surface area (Å²) in [4.78, 5) is 0. The first-order valence-electron chi connectivity index (χ1n) is 6.69. The maximum Gasteiger partial charge on any atom is 0.149 e. The SMILES string of the molecule is CCn1nc(C)c(C(C)Nc2ccc(F)cc2F)c1C. The molecule has 0 amide bonds. The Balaban J connectivity index is 2.28. The number of halogens is 2. The molecule has 1 unspecified atom stereocenters. The van der Waals surface area contributed by atoms with Crippen molar-refractivity contribution in [3.8, 4) is 0 Å². The van der Waals surface area contributed by atoms with Crippen molar-refractivity contribution in [3.05, 3.63) is 46.8 Å². The van der Waals surface area contributed by atoms with Gasteiger partial charge >= 0.3 is 0 Å². The summed E-state index contributed by atoms with van der Waals surface area (Å²) < 4.78 is 28.5. The molecule has 0 saturated heterocycles. The number of hydrogen-bond acceptors (Lipinski definition) is 2. The Kier molecular flexibility index (Phi) is 4.06. The van der Waals surface area contributed by atoms with Crippen LogP contribution in [0.1, 0.15) is 36.8 Å². The van der Waals surface area contributed by atoms with Crippen LogP contribution in [-0.4, -0.2) is 9.78 Å². The summed E-state index contributed by atoms with van der Waals surface area (Å²) in [5.41, 5.74) is 3.33. The van der Waals surface area contributed by atoms with E-state index in [-0.39, 0.29) is 6.04 Å². The minimum atomic E-state index is -0.588. The molecule has 1 aromatic carbocycles. The quantitative estimate of drug-likeness (QED) is 0.917. The molecule has 0 bridgehead atoms. The molecule has 0 aliphatic carbocycles. The van der Waals surface area contributed by atoms with Crippen molar-refractivity contribution in [3.63, 3.8) is 0 Å². The maximum absolute atomic E-state index is 13.7. The molecule has 1 atom stereocenters. The summed E-state index contributed by atoms with van der Waals surface area (Å²) in [5, 5.41) is 7.53. The fourth-order valence-electron chi connectivity index (χ4n) is 2.56. The second kappa shape index (κ2) is 5.61. The molecule has 1 aromatic heterocycles. The average Bonchev–Trinajstić information content (AvgIpc) is 2.67. The lowest BCUT2D eigenvalue weighted by Gasteiger charge is -2.17. The Bertz CT molecular complexity index is 620. The molecule has 2 aromatic rings. The van der Waals surface area contributed by atoms with Gasteiger partial charge in [0.25, 0.3) is 0 Å². The van der Waals surface area contributed by atoms with Gasteiger partial charge in [0.15, 0.2) is 0 Å². The third kappa shape index (κ3) is 2.66. The summed E-state index contributed by atoms with van der Waals surface area (Å²) in [7, 11) is 0. The highest BCUT2D eigenvalue weighted by atomic mass is 19.1. The third-order valence-corrected chi connectivity index (χ3v) is 3.47. The largest absolute Gasteiger partial charge is 0.376 e. The Morgan fingerprint density at radius 3 is 2.55 bits per heavy atom. The van der Waals surface area contributed by atoms with Crippen LogP contribution in [0.2, 0.25) is 0 Å². The summed E-state index contributed by atoms with van der Waals surface area (Å²) >= 11 is 0. The van der Waals surface area contributed by atoms with Crippen LogP contribution < -0.4 is 5.32 Å². The molecule has 1 N–H and O–H groups in total. The summed E-state index contributed by atoms with van der Waals surface area (Å²) in [5.74, 6) is -1.16. The van der Waals surface area contributed by atoms with Gasteiger partial charge in [-0.2, -0.15) is 5.10 Å². The van der Waals surface area contributed by atoms with Crippen LogP contribution in [0.5, 0.6) is 0 Å². The molecule has 0 spiro atoms. The molecule has 1 heterocycles. The summed E-state index contributed by atoms with van der Waals surface area (Å²) in [6, 6.07) is 3.43. The average molecular weight is 279 g/mol. The zero-order chi connectivity index (χ0) is 14.9. The van der Waals surface area contributed by atoms with Gasteiger partial charge in [-0.25, -0.2) is 8.78 Å². The monoisotopic (exact) mass is 279 g/mol. The smallest absolute Gasteiger partial charge is 0.149 e. The third-order valence-electron chi connectivity index (χ3n) is 3.47. The maximum atomic E-state index is 13.7. The zero-order valence-electron chi connectivity index (χ0n) is 12.2. The lowest BCUT2D eigenvalue weighted by Crippen LogP contribution is -2.10. The highest BCUT2D eigenvalue weighted by molar-refractivity contribution is 5.47. The Morgan fingerprint density at radius 1 is 1.30 bits per heavy atom. The number of nitrogens with one attached hydrogen (secondary N) is 1. The minimum Gasteiger partial charge on any atom is -0.376 e. The highest BCUT2D eigenvalue weighted by Crippen LogP contribution is 2.26. The molecule has 0 aliphatic heterocycles. The molecular formula is C15H19F2N3. The number of nitrogens with zero attached hydrogens (tertiary/aromatic N) is 2. The number of aromatic nitrogens is 2. The van der Waals surface area contributed by atoms with Crippen LogP contribution in [0, 0.1) is 25.5 Å². The fourth-order valence-corrected chi connectivity index (χ4v) is 2.56. The van der Waals surface area contributed by atoms with Crippen molar-refractivity contribution in [2.75, 3.05) is 5.32 Å². The van der Waals surface area contributed by atoms with Gasteiger partial charge in [0.05, 0.1) is 17.4 Å². The predicted molar refractivity (Wildman–Crippen MR) is 75.8 cm³/mol. The van der Waals surface area contributed by atoms with E-state index in [0.717, 1.165) is 29.6 Å². The first kappa shape index (κ1) is 14.5. The molecule has 0 fully saturated rings. The molecule has 108 valence electrons. The molecule has 0 saturated carbocycles. The van der Waals surface area contributed by atoms with Crippen molar-refractivity contribution in [2.45, 2.75) is 40.3 Å². The topological polar surface area (TPSA) is 29.9 Å². The van der Waals surface area contributed by atoms with E-state index >= 15 is 0 Å². The van der Waals surface area contributed by atoms with Gasteiger partial charge < -0.3 is 5.32 Å². The summed E-state index contributed by atoms with van der Waals surface area (Å²) in [6.07, 6.45) is 0. The van der Waals surface area contributed by atoms with E-state index in [4.69, 9.17) is 0 Å². The van der Waals surface area contributed by atoms with Crippen molar-refractivity contribution in [1.29, 1.82) is 0 Å². The van der Waals surface area contributed by atoms with Crippen molar-refractivity contribution in [2.24, 2.45) is 0 Å². The van der Waals surface area contributed by atoms with Crippen LogP contribution in [-0.2, 0) is 6.54 Å². The minimum absolute atomic E-state index is 0.102. The van der Waals surface area contributed by atoms with Gasteiger partial charge in [0.2, 0.25) is 0 Å². The number of aryl methyl sites for hydroxylation is 2. The van der Waals surface area contributed by atoms with E-state index in [1.54, 1.807) is 0 Å². The van der Waals surface area contributed by atoms with Crippen molar-refractivity contribution < 1.29 is 8.78 Å². The van der Waals surface area contributed by atoms with Crippen LogP contribution in [0.15, 0.2) is 18.2 Å². The molecule has 5 heteroatoms. The van der Waals surface area contributed by atoms with E-state index in [2.05, 4.69) is 10.4 Å². The molecule has 3 nitrogen and oxygen atoms in total. The lowest BCUT2D eigenvalue weighted by molar-refractivity contribution is 0.583. The van der Waals surface area contributed by atoms with Crippen LogP contribution >= 0.6 is 0 Å². The number of rotatable bonds is 4. The molecule has 0 radical (unpaired) electrons. The van der Waals surface area contributed by atoms with E-state index in [0.29, 0.717) is 5.69 Å². The van der Waals surface area contributed by atoms with E-state index < -0.39 is 11.6 Å². The van der Waals surface area contributed by atoms with Gasteiger partial charge in [-0.15, -0.1) is 0 Å². The Hall–Kier alpha value is -1.91. The summed E-state index contributed by atoms with van der Waals surface area (Å²) in [6.45, 7) is 8.71. The van der Waals surface area contributed by atoms with Crippen molar-refractivity contribution >= 4 is 5.69 Å². The standard InChI is InChI=1S/C15H19F2N3/c1-5-20-11(4)15(10(3)19-20)9(2)18-14-7-6-12(16)8-13(14)17/h6-9,18H,5H2,1-4H3. The normalized spacial score (nSPS) is 12.5. The molecular weight excluding hydrogens is 260 g/mol. The lowest BCUT2D eigenvalue weighted by atomic mass is 10.1. The van der Waals surface area contributed by atoms with Gasteiger partial charge in [0, 0.05) is 23.9 Å². The van der Waals surface area contributed by atoms with Crippen LogP contribution in [0.4, 0.5) is 14.5 Å². The van der Waals surface area contributed by atoms with Gasteiger partial charge in [-0.1, -0.05) is 0 Å². The second-order valence-electron chi connectivity index (χ2n) is 4.89. The number of anilines is 1. The first-order chi connectivity index (χ1) is 9.43. The number of benzene rings is 1. The van der Waals surface area contributed by atoms with Crippen LogP contribution in [0.3, 0.4) is 0 Å². The second-order valence-corrected chi connectivity index (χ2v) is 4.89. The molecule has 20 heavy (non-hydrogen) atoms. The number of hydrogen-bond donors (Lipinski definition) is 1. The Labute approximate surface area is 117 Å². The van der Waals surface area contributed by atoms with E-state index in [1.807, 2.05) is 32.4 Å².